The fourth-order valence-corrected chi connectivity index (χ4v) is 2.07. The molecule has 0 saturated carbocycles. The minimum atomic E-state index is -0.125. The molecule has 0 fully saturated rings. The Hall–Kier alpha value is 0.809. The van der Waals surface area contributed by atoms with Crippen LogP contribution in [-0.2, 0) is 0 Å². The molecule has 3 heteroatoms. The van der Waals surface area contributed by atoms with Crippen LogP contribution in [0.25, 0.3) is 0 Å². The summed E-state index contributed by atoms with van der Waals surface area (Å²) in [4.78, 5) is 0. The molecule has 0 aromatic heterocycles. The summed E-state index contributed by atoms with van der Waals surface area (Å²) in [5, 5.41) is 0. The van der Waals surface area contributed by atoms with Crippen LogP contribution in [0.15, 0.2) is 24.3 Å². The Morgan fingerprint density at radius 3 is 2.14 bits per heavy atom. The summed E-state index contributed by atoms with van der Waals surface area (Å²) in [5.74, 6) is 0. The van der Waals surface area contributed by atoms with Crippen molar-refractivity contribution in [3.63, 3.8) is 0 Å². The minimum absolute atomic E-state index is 0. The SMILES string of the molecule is CCC[CH2][Mg][Cl].Cc1cc[c]cc1.[AlH3]. The van der Waals surface area contributed by atoms with E-state index in [9.17, 15) is 0 Å². The van der Waals surface area contributed by atoms with Crippen molar-refractivity contribution in [1.82, 2.24) is 0 Å². The van der Waals surface area contributed by atoms with Crippen molar-refractivity contribution in [3.05, 3.63) is 35.9 Å². The van der Waals surface area contributed by atoms with Crippen LogP contribution in [0.4, 0.5) is 0 Å². The third-order valence-corrected chi connectivity index (χ3v) is 3.19. The van der Waals surface area contributed by atoms with E-state index < -0.39 is 0 Å². The quantitative estimate of drug-likeness (QED) is 0.561. The number of rotatable bonds is 3. The highest BCUT2D eigenvalue weighted by atomic mass is 35.5. The molecule has 0 aliphatic heterocycles. The average molecular weight is 238 g/mol. The Bertz CT molecular complexity index is 188. The zero-order valence-corrected chi connectivity index (χ0v) is 10.7. The molecular formula is C11H19AlClMg. The Kier molecular flexibility index (Phi) is 17.0. The molecule has 14 heavy (non-hydrogen) atoms. The molecule has 0 heterocycles. The summed E-state index contributed by atoms with van der Waals surface area (Å²) in [7, 11) is 5.52. The number of hydrogen-bond acceptors (Lipinski definition) is 0. The third-order valence-electron chi connectivity index (χ3n) is 1.62. The molecular weight excluding hydrogens is 219 g/mol. The average Bonchev–Trinajstić information content (AvgIpc) is 2.17. The zero-order chi connectivity index (χ0) is 9.94. The van der Waals surface area contributed by atoms with Crippen molar-refractivity contribution in [2.75, 3.05) is 0 Å². The molecule has 1 rings (SSSR count). The molecule has 0 aliphatic rings. The second kappa shape index (κ2) is 13.8. The van der Waals surface area contributed by atoms with Gasteiger partial charge in [-0.3, -0.25) is 0 Å². The van der Waals surface area contributed by atoms with E-state index in [0.717, 1.165) is 0 Å². The smallest absolute Gasteiger partial charge is 0.346 e. The number of unbranched alkanes of at least 4 members (excludes halogenated alkanes) is 1. The largest absolute Gasteiger partial charge is 0.501 e. The van der Waals surface area contributed by atoms with Crippen LogP contribution in [0.3, 0.4) is 0 Å². The zero-order valence-electron chi connectivity index (χ0n) is 8.52. The molecule has 75 valence electrons. The maximum absolute atomic E-state index is 5.52. The van der Waals surface area contributed by atoms with Crippen molar-refractivity contribution in [2.24, 2.45) is 0 Å². The van der Waals surface area contributed by atoms with Crippen LogP contribution in [0.5, 0.6) is 0 Å². The lowest BCUT2D eigenvalue weighted by Crippen LogP contribution is -1.73. The highest BCUT2D eigenvalue weighted by Gasteiger charge is 1.85. The molecule has 0 unspecified atom stereocenters. The maximum atomic E-state index is 5.52. The number of halogens is 1. The van der Waals surface area contributed by atoms with E-state index in [-0.39, 0.29) is 36.6 Å². The molecule has 0 aliphatic carbocycles. The predicted octanol–water partition coefficient (Wildman–Crippen LogP) is 2.67. The first-order valence-electron chi connectivity index (χ1n) is 4.80. The van der Waals surface area contributed by atoms with E-state index in [0.29, 0.717) is 0 Å². The summed E-state index contributed by atoms with van der Waals surface area (Å²) < 4.78 is 1.32. The van der Waals surface area contributed by atoms with Crippen LogP contribution in [0.2, 0.25) is 4.55 Å². The van der Waals surface area contributed by atoms with Crippen molar-refractivity contribution >= 4 is 45.7 Å². The van der Waals surface area contributed by atoms with Crippen LogP contribution in [0.1, 0.15) is 25.3 Å². The second-order valence-corrected chi connectivity index (χ2v) is 5.19. The lowest BCUT2D eigenvalue weighted by Gasteiger charge is -1.82. The number of hydrogen-bond donors (Lipinski definition) is 0. The van der Waals surface area contributed by atoms with Gasteiger partial charge in [0.25, 0.3) is 0 Å². The van der Waals surface area contributed by atoms with Crippen LogP contribution < -0.4 is 0 Å². The normalized spacial score (nSPS) is 7.64. The molecule has 1 aromatic rings. The van der Waals surface area contributed by atoms with Crippen LogP contribution >= 0.6 is 9.07 Å². The fraction of sp³-hybridized carbons (Fsp3) is 0.455. The Balaban J connectivity index is 0. The van der Waals surface area contributed by atoms with E-state index in [4.69, 9.17) is 9.07 Å². The van der Waals surface area contributed by atoms with Gasteiger partial charge in [0, 0.05) is 0 Å². The minimum Gasteiger partial charge on any atom is -0.346 e. The Labute approximate surface area is 112 Å². The standard InChI is InChI=1S/C7H7.C4H9.Al.ClH.Mg.3H/c1-7-5-3-2-4-6-7;1-3-4-2;;;;;;/h3-6H,1H3;1,3-4H2,2H3;;1H;;;;/q;;;;+1;;;/p-1. The lowest BCUT2D eigenvalue weighted by molar-refractivity contribution is 0.882. The van der Waals surface area contributed by atoms with Crippen molar-refractivity contribution < 1.29 is 0 Å². The third kappa shape index (κ3) is 12.8. The van der Waals surface area contributed by atoms with E-state index in [1.165, 1.54) is 23.0 Å². The van der Waals surface area contributed by atoms with Gasteiger partial charge in [0.1, 0.15) is 0 Å². The second-order valence-electron chi connectivity index (χ2n) is 2.97. The molecule has 0 bridgehead atoms. The van der Waals surface area contributed by atoms with Crippen molar-refractivity contribution in [1.29, 1.82) is 0 Å². The molecule has 0 nitrogen and oxygen atoms in total. The van der Waals surface area contributed by atoms with E-state index in [2.05, 4.69) is 19.9 Å². The maximum Gasteiger partial charge on any atom is 0.501 e. The highest BCUT2D eigenvalue weighted by molar-refractivity contribution is 6.93. The van der Waals surface area contributed by atoms with Gasteiger partial charge in [-0.15, -0.1) is 4.55 Å². The summed E-state index contributed by atoms with van der Waals surface area (Å²) in [6.45, 7) is 4.26. The summed E-state index contributed by atoms with van der Waals surface area (Å²) >= 11 is -0.125. The fourth-order valence-electron chi connectivity index (χ4n) is 0.815. The van der Waals surface area contributed by atoms with Gasteiger partial charge in [0.2, 0.25) is 0 Å². The monoisotopic (exact) mass is 237 g/mol. The Morgan fingerprint density at radius 1 is 1.36 bits per heavy atom. The van der Waals surface area contributed by atoms with Crippen molar-refractivity contribution in [3.8, 4) is 0 Å². The van der Waals surface area contributed by atoms with Gasteiger partial charge in [-0.25, -0.2) is 0 Å². The highest BCUT2D eigenvalue weighted by Crippen LogP contribution is 1.93. The van der Waals surface area contributed by atoms with E-state index in [1.807, 2.05) is 24.3 Å². The molecule has 0 N–H and O–H groups in total. The topological polar surface area (TPSA) is 0 Å². The van der Waals surface area contributed by atoms with Crippen molar-refractivity contribution in [2.45, 2.75) is 31.2 Å². The molecule has 0 amide bonds. The van der Waals surface area contributed by atoms with Gasteiger partial charge in [-0.05, 0) is 13.0 Å². The molecule has 0 spiro atoms. The first kappa shape index (κ1) is 17.2. The van der Waals surface area contributed by atoms with Gasteiger partial charge in [-0.2, -0.15) is 0 Å². The first-order valence-corrected chi connectivity index (χ1v) is 7.93. The van der Waals surface area contributed by atoms with Crippen LogP contribution in [-0.4, -0.2) is 36.6 Å². The van der Waals surface area contributed by atoms with Gasteiger partial charge in [-0.1, -0.05) is 49.6 Å². The Morgan fingerprint density at radius 2 is 1.93 bits per heavy atom. The number of benzene rings is 1. The summed E-state index contributed by atoms with van der Waals surface area (Å²) in [6.07, 6.45) is 2.65. The van der Waals surface area contributed by atoms with E-state index in [1.54, 1.807) is 0 Å². The number of aryl methyl sites for hydroxylation is 1. The van der Waals surface area contributed by atoms with E-state index >= 15 is 0 Å². The first-order chi connectivity index (χ1) is 6.31. The van der Waals surface area contributed by atoms with Crippen LogP contribution in [0, 0.1) is 13.0 Å². The molecule has 1 aromatic carbocycles. The molecule has 1 radical (unpaired) electrons. The molecule has 0 atom stereocenters. The van der Waals surface area contributed by atoms with Gasteiger partial charge in [0.05, 0.1) is 0 Å². The van der Waals surface area contributed by atoms with Gasteiger partial charge in [0.15, 0.2) is 17.4 Å². The van der Waals surface area contributed by atoms with Gasteiger partial charge >= 0.3 is 19.3 Å². The lowest BCUT2D eigenvalue weighted by atomic mass is 10.2. The van der Waals surface area contributed by atoms with Gasteiger partial charge < -0.3 is 9.07 Å². The predicted molar refractivity (Wildman–Crippen MR) is 71.3 cm³/mol. The molecule has 0 saturated heterocycles. The summed E-state index contributed by atoms with van der Waals surface area (Å²) in [5.41, 5.74) is 1.29. The summed E-state index contributed by atoms with van der Waals surface area (Å²) in [6, 6.07) is 10.8.